The normalized spacial score (nSPS) is 22.6. The summed E-state index contributed by atoms with van der Waals surface area (Å²) in [5.74, 6) is -1.05. The maximum Gasteiger partial charge on any atom is 0.449 e. The maximum absolute atomic E-state index is 14.4. The van der Waals surface area contributed by atoms with Crippen LogP contribution in [0.2, 0.25) is 0 Å². The monoisotopic (exact) mass is 540 g/mol. The lowest BCUT2D eigenvalue weighted by atomic mass is 9.67. The molecule has 1 aliphatic carbocycles. The molecule has 0 saturated heterocycles. The Kier molecular flexibility index (Phi) is 5.37. The summed E-state index contributed by atoms with van der Waals surface area (Å²) in [5, 5.41) is 0. The minimum Gasteiger partial charge on any atom is -0.487 e. The first-order valence-electron chi connectivity index (χ1n) is 12.7. The number of hydrogen-bond acceptors (Lipinski definition) is 5. The molecule has 2 aromatic carbocycles. The van der Waals surface area contributed by atoms with E-state index in [1.807, 2.05) is 26.0 Å². The predicted molar refractivity (Wildman–Crippen MR) is 134 cm³/mol. The first kappa shape index (κ1) is 25.3. The zero-order valence-electron chi connectivity index (χ0n) is 21.4. The average molecular weight is 541 g/mol. The molecule has 2 aliphatic heterocycles. The quantitative estimate of drug-likeness (QED) is 0.463. The summed E-state index contributed by atoms with van der Waals surface area (Å²) in [6.45, 7) is 3.60. The molecule has 204 valence electrons. The van der Waals surface area contributed by atoms with Crippen molar-refractivity contribution in [3.63, 3.8) is 0 Å². The van der Waals surface area contributed by atoms with Crippen molar-refractivity contribution in [1.82, 2.24) is 0 Å². The van der Waals surface area contributed by atoms with Crippen molar-refractivity contribution in [1.29, 1.82) is 0 Å². The molecule has 1 fully saturated rings. The standard InChI is InChI=1S/C29H27F3N2O5/c1-26(2)16-28(20-10-8-17(14-22(20)39-26)38-27(24(33)35)12-5-13-27)19-6-3-4-7-21(19)34(25(28)36)15-18-9-11-23(37-18)29(30,31)32/h3-4,6-11,14H,5,12-13,15-16H2,1-2H3,(H2,33,35)/t28-/m1/s1. The fourth-order valence-corrected chi connectivity index (χ4v) is 6.08. The molecular formula is C29H27F3N2O5. The summed E-state index contributed by atoms with van der Waals surface area (Å²) >= 11 is 0. The van der Waals surface area contributed by atoms with Gasteiger partial charge >= 0.3 is 6.18 Å². The number of furan rings is 1. The highest BCUT2D eigenvalue weighted by Crippen LogP contribution is 2.57. The van der Waals surface area contributed by atoms with Gasteiger partial charge in [0, 0.05) is 23.7 Å². The van der Waals surface area contributed by atoms with Crippen molar-refractivity contribution in [3.8, 4) is 11.5 Å². The number of para-hydroxylation sites is 1. The third kappa shape index (κ3) is 3.87. The lowest BCUT2D eigenvalue weighted by molar-refractivity contribution is -0.153. The number of primary amides is 1. The zero-order chi connectivity index (χ0) is 27.8. The van der Waals surface area contributed by atoms with Gasteiger partial charge in [-0.1, -0.05) is 24.3 Å². The largest absolute Gasteiger partial charge is 0.487 e. The minimum atomic E-state index is -4.62. The van der Waals surface area contributed by atoms with Gasteiger partial charge in [0.05, 0.1) is 6.54 Å². The molecule has 0 unspecified atom stereocenters. The lowest BCUT2D eigenvalue weighted by Gasteiger charge is -2.44. The van der Waals surface area contributed by atoms with Crippen molar-refractivity contribution >= 4 is 17.5 Å². The van der Waals surface area contributed by atoms with Crippen molar-refractivity contribution in [2.45, 2.75) is 68.9 Å². The Hall–Kier alpha value is -3.95. The number of alkyl halides is 3. The Morgan fingerprint density at radius 2 is 1.82 bits per heavy atom. The van der Waals surface area contributed by atoms with Crippen LogP contribution in [-0.2, 0) is 27.7 Å². The number of halogens is 3. The van der Waals surface area contributed by atoms with Crippen molar-refractivity contribution in [2.24, 2.45) is 5.73 Å². The molecule has 0 radical (unpaired) electrons. The van der Waals surface area contributed by atoms with Gasteiger partial charge < -0.3 is 24.5 Å². The molecule has 2 N–H and O–H groups in total. The second kappa shape index (κ2) is 8.27. The van der Waals surface area contributed by atoms with Crippen LogP contribution in [0.1, 0.15) is 62.2 Å². The molecule has 10 heteroatoms. The number of hydrogen-bond donors (Lipinski definition) is 1. The number of nitrogens with two attached hydrogens (primary N) is 1. The van der Waals surface area contributed by atoms with Crippen LogP contribution in [0.3, 0.4) is 0 Å². The number of carbonyl (C=O) groups excluding carboxylic acids is 2. The topological polar surface area (TPSA) is 95.0 Å². The van der Waals surface area contributed by atoms with Crippen LogP contribution in [0.15, 0.2) is 59.0 Å². The average Bonchev–Trinajstić information content (AvgIpc) is 3.39. The van der Waals surface area contributed by atoms with E-state index in [-0.39, 0.29) is 18.2 Å². The Bertz CT molecular complexity index is 1490. The maximum atomic E-state index is 14.4. The number of amides is 2. The van der Waals surface area contributed by atoms with E-state index in [0.717, 1.165) is 18.1 Å². The smallest absolute Gasteiger partial charge is 0.449 e. The van der Waals surface area contributed by atoms with E-state index in [1.165, 1.54) is 11.0 Å². The lowest BCUT2D eigenvalue weighted by Crippen LogP contribution is -2.54. The van der Waals surface area contributed by atoms with E-state index in [9.17, 15) is 22.8 Å². The number of carbonyl (C=O) groups is 2. The molecule has 0 bridgehead atoms. The van der Waals surface area contributed by atoms with Crippen LogP contribution in [-0.4, -0.2) is 23.0 Å². The van der Waals surface area contributed by atoms with E-state index in [2.05, 4.69) is 0 Å². The van der Waals surface area contributed by atoms with E-state index >= 15 is 0 Å². The van der Waals surface area contributed by atoms with Crippen molar-refractivity contribution < 1.29 is 36.7 Å². The molecule has 3 heterocycles. The van der Waals surface area contributed by atoms with Crippen molar-refractivity contribution in [3.05, 3.63) is 77.2 Å². The molecule has 39 heavy (non-hydrogen) atoms. The van der Waals surface area contributed by atoms with Gasteiger partial charge in [-0.3, -0.25) is 9.59 Å². The van der Waals surface area contributed by atoms with Crippen LogP contribution < -0.4 is 20.1 Å². The minimum absolute atomic E-state index is 0.0232. The van der Waals surface area contributed by atoms with Gasteiger partial charge in [-0.05, 0) is 62.9 Å². The van der Waals surface area contributed by atoms with Crippen molar-refractivity contribution in [2.75, 3.05) is 4.90 Å². The molecule has 1 saturated carbocycles. The number of nitrogens with zero attached hydrogens (tertiary/aromatic N) is 1. The van der Waals surface area contributed by atoms with Crippen LogP contribution in [0.5, 0.6) is 11.5 Å². The number of ether oxygens (including phenoxy) is 2. The van der Waals surface area contributed by atoms with Gasteiger partial charge in [-0.25, -0.2) is 0 Å². The SMILES string of the molecule is CC1(C)C[C@]2(C(=O)N(Cc3ccc(C(F)(F)F)o3)c3ccccc32)c2ccc(OC3(C(N)=O)CCC3)cc2O1. The first-order chi connectivity index (χ1) is 18.3. The van der Waals surface area contributed by atoms with Gasteiger partial charge in [0.25, 0.3) is 5.91 Å². The Morgan fingerprint density at radius 3 is 2.46 bits per heavy atom. The van der Waals surface area contributed by atoms with Gasteiger partial charge in [0.2, 0.25) is 11.7 Å². The number of benzene rings is 2. The predicted octanol–water partition coefficient (Wildman–Crippen LogP) is 5.48. The second-order valence-corrected chi connectivity index (χ2v) is 11.1. The molecule has 7 nitrogen and oxygen atoms in total. The number of rotatable bonds is 5. The molecule has 3 aliphatic rings. The summed E-state index contributed by atoms with van der Waals surface area (Å²) < 4.78 is 56.9. The van der Waals surface area contributed by atoms with Gasteiger partial charge in [-0.2, -0.15) is 13.2 Å². The molecule has 2 amide bonds. The third-order valence-electron chi connectivity index (χ3n) is 7.93. The number of anilines is 1. The van der Waals surface area contributed by atoms with Crippen LogP contribution >= 0.6 is 0 Å². The number of fused-ring (bicyclic) bond motifs is 4. The fourth-order valence-electron chi connectivity index (χ4n) is 6.08. The Labute approximate surface area is 222 Å². The second-order valence-electron chi connectivity index (χ2n) is 11.1. The van der Waals surface area contributed by atoms with E-state index in [1.54, 1.807) is 30.3 Å². The van der Waals surface area contributed by atoms with Gasteiger partial charge in [0.1, 0.15) is 28.3 Å². The summed E-state index contributed by atoms with van der Waals surface area (Å²) in [6.07, 6.45) is -2.43. The highest BCUT2D eigenvalue weighted by molar-refractivity contribution is 6.11. The Balaban J connectivity index is 1.43. The molecule has 1 aromatic heterocycles. The van der Waals surface area contributed by atoms with Gasteiger partial charge in [0.15, 0.2) is 5.60 Å². The van der Waals surface area contributed by atoms with E-state index in [4.69, 9.17) is 19.6 Å². The molecular weight excluding hydrogens is 513 g/mol. The summed E-state index contributed by atoms with van der Waals surface area (Å²) in [5.41, 5.74) is 4.58. The highest BCUT2D eigenvalue weighted by atomic mass is 19.4. The van der Waals surface area contributed by atoms with Crippen LogP contribution in [0.25, 0.3) is 0 Å². The Morgan fingerprint density at radius 1 is 1.08 bits per heavy atom. The third-order valence-corrected chi connectivity index (χ3v) is 7.93. The zero-order valence-corrected chi connectivity index (χ0v) is 21.4. The molecule has 6 rings (SSSR count). The summed E-state index contributed by atoms with van der Waals surface area (Å²) in [6, 6.07) is 14.5. The van der Waals surface area contributed by atoms with Gasteiger partial charge in [-0.15, -0.1) is 0 Å². The highest BCUT2D eigenvalue weighted by Gasteiger charge is 2.58. The summed E-state index contributed by atoms with van der Waals surface area (Å²) in [4.78, 5) is 27.9. The van der Waals surface area contributed by atoms with Crippen LogP contribution in [0, 0.1) is 0 Å². The first-order valence-corrected chi connectivity index (χ1v) is 12.7. The van der Waals surface area contributed by atoms with Crippen LogP contribution in [0.4, 0.5) is 18.9 Å². The molecule has 1 atom stereocenters. The summed E-state index contributed by atoms with van der Waals surface area (Å²) in [7, 11) is 0. The van der Waals surface area contributed by atoms with E-state index in [0.29, 0.717) is 42.0 Å². The molecule has 3 aromatic rings. The van der Waals surface area contributed by atoms with E-state index < -0.39 is 34.5 Å². The molecule has 1 spiro atoms. The fraction of sp³-hybridized carbons (Fsp3) is 0.379.